The van der Waals surface area contributed by atoms with Crippen LogP contribution in [0.5, 0.6) is 0 Å². The van der Waals surface area contributed by atoms with Gasteiger partial charge in [0.15, 0.2) is 5.60 Å². The number of hydrogen-bond acceptors (Lipinski definition) is 4. The third-order valence-electron chi connectivity index (χ3n) is 3.59. The number of nitrogens with two attached hydrogens (primary N) is 1. The fourth-order valence-corrected chi connectivity index (χ4v) is 2.44. The fourth-order valence-electron chi connectivity index (χ4n) is 2.44. The average molecular weight is 313 g/mol. The Balaban J connectivity index is 2.61. The predicted molar refractivity (Wildman–Crippen MR) is 82.4 cm³/mol. The van der Waals surface area contributed by atoms with E-state index in [0.29, 0.717) is 23.0 Å². The van der Waals surface area contributed by atoms with E-state index in [1.54, 1.807) is 31.2 Å². The van der Waals surface area contributed by atoms with Gasteiger partial charge in [-0.15, -0.1) is 0 Å². The number of carbonyl (C=O) groups excluding carboxylic acids is 2. The van der Waals surface area contributed by atoms with Gasteiger partial charge in [-0.25, -0.2) is 9.59 Å². The molecule has 0 saturated carbocycles. The van der Waals surface area contributed by atoms with Gasteiger partial charge in [-0.3, -0.25) is 4.79 Å². The molecule has 0 bridgehead atoms. The Morgan fingerprint density at radius 2 is 1.74 bits per heavy atom. The number of aldehydes is 1. The highest BCUT2D eigenvalue weighted by molar-refractivity contribution is 5.87. The summed E-state index contributed by atoms with van der Waals surface area (Å²) in [4.78, 5) is 33.6. The summed E-state index contributed by atoms with van der Waals surface area (Å²) in [6.07, 6.45) is -0.348. The number of carbonyl (C=O) groups is 3. The van der Waals surface area contributed by atoms with E-state index in [9.17, 15) is 14.4 Å². The van der Waals surface area contributed by atoms with Gasteiger partial charge in [0.05, 0.1) is 5.56 Å². The van der Waals surface area contributed by atoms with Crippen LogP contribution in [0.25, 0.3) is 0 Å². The first-order valence-corrected chi connectivity index (χ1v) is 6.75. The van der Waals surface area contributed by atoms with Crippen molar-refractivity contribution in [1.29, 1.82) is 0 Å². The van der Waals surface area contributed by atoms with Crippen LogP contribution in [0.4, 0.5) is 4.79 Å². The molecule has 0 fully saturated rings. The van der Waals surface area contributed by atoms with Crippen molar-refractivity contribution in [2.75, 3.05) is 0 Å². The summed E-state index contributed by atoms with van der Waals surface area (Å²) in [6, 6.07) is 12.5. The molecule has 0 aromatic heterocycles. The van der Waals surface area contributed by atoms with E-state index < -0.39 is 17.7 Å². The van der Waals surface area contributed by atoms with Crippen molar-refractivity contribution < 1.29 is 24.2 Å². The molecule has 0 radical (unpaired) electrons. The summed E-state index contributed by atoms with van der Waals surface area (Å²) >= 11 is 0. The quantitative estimate of drug-likeness (QED) is 0.825. The zero-order valence-corrected chi connectivity index (χ0v) is 12.4. The van der Waals surface area contributed by atoms with E-state index in [1.165, 1.54) is 24.3 Å². The Morgan fingerprint density at radius 1 is 1.13 bits per heavy atom. The van der Waals surface area contributed by atoms with E-state index in [1.807, 2.05) is 0 Å². The van der Waals surface area contributed by atoms with Crippen molar-refractivity contribution in [3.63, 3.8) is 0 Å². The average Bonchev–Trinajstić information content (AvgIpc) is 2.54. The highest BCUT2D eigenvalue weighted by Gasteiger charge is 2.34. The lowest BCUT2D eigenvalue weighted by Gasteiger charge is -2.31. The van der Waals surface area contributed by atoms with Gasteiger partial charge in [0, 0.05) is 11.1 Å². The second-order valence-electron chi connectivity index (χ2n) is 5.04. The van der Waals surface area contributed by atoms with Crippen LogP contribution >= 0.6 is 0 Å². The lowest BCUT2D eigenvalue weighted by molar-refractivity contribution is 0.0584. The third kappa shape index (κ3) is 3.21. The van der Waals surface area contributed by atoms with Crippen molar-refractivity contribution in [2.45, 2.75) is 12.5 Å². The number of carboxylic acid groups (broad SMARTS) is 1. The molecular weight excluding hydrogens is 298 g/mol. The Hall–Kier alpha value is -3.15. The number of rotatable bonds is 5. The molecule has 1 unspecified atom stereocenters. The molecule has 0 spiro atoms. The van der Waals surface area contributed by atoms with Crippen LogP contribution in [-0.4, -0.2) is 23.5 Å². The molecule has 0 heterocycles. The Bertz CT molecular complexity index is 754. The minimum atomic E-state index is -1.32. The van der Waals surface area contributed by atoms with Crippen molar-refractivity contribution in [3.8, 4) is 0 Å². The maximum absolute atomic E-state index is 11.4. The van der Waals surface area contributed by atoms with E-state index in [4.69, 9.17) is 15.6 Å². The molecular formula is C17H15NO5. The van der Waals surface area contributed by atoms with Crippen LogP contribution in [0.15, 0.2) is 48.5 Å². The van der Waals surface area contributed by atoms with Gasteiger partial charge in [0.2, 0.25) is 0 Å². The minimum absolute atomic E-state index is 0.0962. The van der Waals surface area contributed by atoms with Gasteiger partial charge in [0.1, 0.15) is 6.29 Å². The summed E-state index contributed by atoms with van der Waals surface area (Å²) in [5.74, 6) is -1.07. The van der Waals surface area contributed by atoms with Gasteiger partial charge < -0.3 is 15.6 Å². The maximum atomic E-state index is 11.4. The number of hydrogen-bond donors (Lipinski definition) is 2. The first-order valence-electron chi connectivity index (χ1n) is 6.75. The van der Waals surface area contributed by atoms with Crippen molar-refractivity contribution >= 4 is 18.3 Å². The lowest BCUT2D eigenvalue weighted by atomic mass is 9.85. The van der Waals surface area contributed by atoms with Gasteiger partial charge in [-0.2, -0.15) is 0 Å². The van der Waals surface area contributed by atoms with Crippen LogP contribution in [0.2, 0.25) is 0 Å². The summed E-state index contributed by atoms with van der Waals surface area (Å²) in [7, 11) is 0. The molecule has 3 N–H and O–H groups in total. The number of amides is 1. The van der Waals surface area contributed by atoms with Crippen LogP contribution in [0, 0.1) is 0 Å². The molecule has 118 valence electrons. The molecule has 23 heavy (non-hydrogen) atoms. The second kappa shape index (κ2) is 6.31. The molecule has 2 rings (SSSR count). The number of primary amides is 1. The fraction of sp³-hybridized carbons (Fsp3) is 0.118. The number of carboxylic acids is 1. The SMILES string of the molecule is CC(OC(N)=O)(c1ccc(C(=O)O)cc1)c1ccccc1C=O. The molecule has 2 aromatic rings. The third-order valence-corrected chi connectivity index (χ3v) is 3.59. The first kappa shape index (κ1) is 16.2. The summed E-state index contributed by atoms with van der Waals surface area (Å²) in [5.41, 5.74) is 5.25. The molecule has 6 heteroatoms. The van der Waals surface area contributed by atoms with E-state index in [0.717, 1.165) is 0 Å². The maximum Gasteiger partial charge on any atom is 0.405 e. The zero-order valence-electron chi connectivity index (χ0n) is 12.4. The van der Waals surface area contributed by atoms with Gasteiger partial charge >= 0.3 is 12.1 Å². The monoisotopic (exact) mass is 313 g/mol. The number of benzene rings is 2. The topological polar surface area (TPSA) is 107 Å². The first-order chi connectivity index (χ1) is 10.9. The van der Waals surface area contributed by atoms with Crippen molar-refractivity contribution in [3.05, 3.63) is 70.8 Å². The summed E-state index contributed by atoms with van der Waals surface area (Å²) < 4.78 is 5.29. The predicted octanol–water partition coefficient (Wildman–Crippen LogP) is 2.56. The number of aromatic carboxylic acids is 1. The van der Waals surface area contributed by atoms with Gasteiger partial charge in [-0.05, 0) is 24.6 Å². The Labute approximate surface area is 132 Å². The highest BCUT2D eigenvalue weighted by atomic mass is 16.6. The molecule has 0 aliphatic carbocycles. The molecule has 1 atom stereocenters. The lowest BCUT2D eigenvalue weighted by Crippen LogP contribution is -2.34. The largest absolute Gasteiger partial charge is 0.478 e. The molecule has 6 nitrogen and oxygen atoms in total. The highest BCUT2D eigenvalue weighted by Crippen LogP contribution is 2.35. The van der Waals surface area contributed by atoms with E-state index in [2.05, 4.69) is 0 Å². The number of ether oxygens (including phenoxy) is 1. The normalized spacial score (nSPS) is 12.9. The minimum Gasteiger partial charge on any atom is -0.478 e. The molecule has 1 amide bonds. The molecule has 2 aromatic carbocycles. The zero-order chi connectivity index (χ0) is 17.0. The summed E-state index contributed by atoms with van der Waals surface area (Å²) in [5, 5.41) is 8.97. The van der Waals surface area contributed by atoms with Crippen LogP contribution in [0.1, 0.15) is 38.8 Å². The Kier molecular flexibility index (Phi) is 4.45. The van der Waals surface area contributed by atoms with Gasteiger partial charge in [0.25, 0.3) is 0 Å². The second-order valence-corrected chi connectivity index (χ2v) is 5.04. The standard InChI is InChI=1S/C17H15NO5/c1-17(23-16(18)22,14-5-3-2-4-12(14)10-19)13-8-6-11(7-9-13)15(20)21/h2-10H,1H3,(H2,18,22)(H,20,21). The Morgan fingerprint density at radius 3 is 2.26 bits per heavy atom. The van der Waals surface area contributed by atoms with Crippen LogP contribution in [0.3, 0.4) is 0 Å². The van der Waals surface area contributed by atoms with Crippen LogP contribution in [-0.2, 0) is 10.3 Å². The van der Waals surface area contributed by atoms with E-state index >= 15 is 0 Å². The van der Waals surface area contributed by atoms with Crippen LogP contribution < -0.4 is 5.73 Å². The smallest absolute Gasteiger partial charge is 0.405 e. The molecule has 0 aliphatic heterocycles. The summed E-state index contributed by atoms with van der Waals surface area (Å²) in [6.45, 7) is 1.59. The van der Waals surface area contributed by atoms with E-state index in [-0.39, 0.29) is 5.56 Å². The van der Waals surface area contributed by atoms with Crippen molar-refractivity contribution in [2.24, 2.45) is 5.73 Å². The molecule has 0 aliphatic rings. The van der Waals surface area contributed by atoms with Gasteiger partial charge in [-0.1, -0.05) is 36.4 Å². The molecule has 0 saturated heterocycles. The van der Waals surface area contributed by atoms with Crippen molar-refractivity contribution in [1.82, 2.24) is 0 Å².